The number of carbonyl (C=O) groups is 1. The molecule has 0 radical (unpaired) electrons. The maximum atomic E-state index is 11.0. The van der Waals surface area contributed by atoms with Crippen molar-refractivity contribution in [2.24, 2.45) is 5.73 Å². The van der Waals surface area contributed by atoms with Crippen LogP contribution in [-0.4, -0.2) is 16.1 Å². The largest absolute Gasteiger partial charge is 0.478 e. The monoisotopic (exact) mass is 284 g/mol. The van der Waals surface area contributed by atoms with Crippen LogP contribution in [0.15, 0.2) is 42.5 Å². The van der Waals surface area contributed by atoms with Crippen LogP contribution in [-0.2, 0) is 6.54 Å². The molecule has 4 nitrogen and oxygen atoms in total. The van der Waals surface area contributed by atoms with E-state index in [9.17, 15) is 4.79 Å². The standard InChI is InChI=1S/C15H12N2O2S/c16-8-9-1-3-10(4-2-9)14-17-12-6-5-11(15(18)19)7-13(12)20-14/h1-7H,8,16H2,(H,18,19). The molecule has 0 aliphatic carbocycles. The summed E-state index contributed by atoms with van der Waals surface area (Å²) >= 11 is 1.49. The highest BCUT2D eigenvalue weighted by Gasteiger charge is 2.09. The van der Waals surface area contributed by atoms with Gasteiger partial charge in [-0.1, -0.05) is 24.3 Å². The lowest BCUT2D eigenvalue weighted by molar-refractivity contribution is 0.0697. The van der Waals surface area contributed by atoms with Crippen molar-refractivity contribution < 1.29 is 9.90 Å². The number of fused-ring (bicyclic) bond motifs is 1. The second kappa shape index (κ2) is 5.03. The molecule has 0 bridgehead atoms. The lowest BCUT2D eigenvalue weighted by Gasteiger charge is -1.98. The Morgan fingerprint density at radius 1 is 1.20 bits per heavy atom. The van der Waals surface area contributed by atoms with Crippen LogP contribution >= 0.6 is 11.3 Å². The second-order valence-electron chi connectivity index (χ2n) is 4.41. The molecule has 3 rings (SSSR count). The highest BCUT2D eigenvalue weighted by molar-refractivity contribution is 7.21. The van der Waals surface area contributed by atoms with Crippen molar-refractivity contribution >= 4 is 27.5 Å². The molecule has 1 heterocycles. The number of nitrogens with zero attached hydrogens (tertiary/aromatic N) is 1. The fraction of sp³-hybridized carbons (Fsp3) is 0.0667. The third-order valence-corrected chi connectivity index (χ3v) is 4.14. The van der Waals surface area contributed by atoms with E-state index in [-0.39, 0.29) is 5.56 Å². The highest BCUT2D eigenvalue weighted by atomic mass is 32.1. The number of nitrogens with two attached hydrogens (primary N) is 1. The molecule has 0 saturated heterocycles. The Morgan fingerprint density at radius 2 is 1.95 bits per heavy atom. The zero-order valence-electron chi connectivity index (χ0n) is 10.5. The topological polar surface area (TPSA) is 76.2 Å². The van der Waals surface area contributed by atoms with Gasteiger partial charge in [-0.2, -0.15) is 0 Å². The quantitative estimate of drug-likeness (QED) is 0.774. The third kappa shape index (κ3) is 2.29. The number of rotatable bonds is 3. The number of aromatic carboxylic acids is 1. The van der Waals surface area contributed by atoms with E-state index >= 15 is 0 Å². The maximum absolute atomic E-state index is 11.0. The van der Waals surface area contributed by atoms with Crippen molar-refractivity contribution in [1.29, 1.82) is 0 Å². The number of benzene rings is 2. The first-order valence-electron chi connectivity index (χ1n) is 6.10. The number of carboxylic acids is 1. The summed E-state index contributed by atoms with van der Waals surface area (Å²) in [5.74, 6) is -0.922. The minimum absolute atomic E-state index is 0.283. The Labute approximate surface area is 119 Å². The van der Waals surface area contributed by atoms with Crippen molar-refractivity contribution in [3.8, 4) is 10.6 Å². The molecule has 0 saturated carbocycles. The molecule has 3 N–H and O–H groups in total. The van der Waals surface area contributed by atoms with Crippen molar-refractivity contribution in [3.05, 3.63) is 53.6 Å². The summed E-state index contributed by atoms with van der Waals surface area (Å²) in [6.45, 7) is 0.516. The molecule has 2 aromatic carbocycles. The van der Waals surface area contributed by atoms with Crippen LogP contribution in [0.2, 0.25) is 0 Å². The summed E-state index contributed by atoms with van der Waals surface area (Å²) in [6, 6.07) is 12.9. The van der Waals surface area contributed by atoms with Crippen molar-refractivity contribution in [2.45, 2.75) is 6.54 Å². The zero-order chi connectivity index (χ0) is 14.1. The predicted molar refractivity (Wildman–Crippen MR) is 79.9 cm³/mol. The van der Waals surface area contributed by atoms with Gasteiger partial charge in [0.05, 0.1) is 15.8 Å². The van der Waals surface area contributed by atoms with Gasteiger partial charge < -0.3 is 10.8 Å². The number of thiazole rings is 1. The van der Waals surface area contributed by atoms with E-state index in [0.717, 1.165) is 26.4 Å². The normalized spacial score (nSPS) is 10.8. The summed E-state index contributed by atoms with van der Waals surface area (Å²) < 4.78 is 0.878. The van der Waals surface area contributed by atoms with E-state index in [4.69, 9.17) is 10.8 Å². The molecule has 0 amide bonds. The van der Waals surface area contributed by atoms with Gasteiger partial charge in [-0.3, -0.25) is 0 Å². The molecular formula is C15H12N2O2S. The Hall–Kier alpha value is -2.24. The highest BCUT2D eigenvalue weighted by Crippen LogP contribution is 2.30. The van der Waals surface area contributed by atoms with Gasteiger partial charge in [-0.05, 0) is 23.8 Å². The van der Waals surface area contributed by atoms with E-state index in [0.29, 0.717) is 6.54 Å². The first-order chi connectivity index (χ1) is 9.67. The summed E-state index contributed by atoms with van der Waals surface area (Å²) in [5.41, 5.74) is 8.76. The van der Waals surface area contributed by atoms with Gasteiger partial charge in [0.25, 0.3) is 0 Å². The van der Waals surface area contributed by atoms with E-state index in [1.807, 2.05) is 24.3 Å². The van der Waals surface area contributed by atoms with Gasteiger partial charge in [0.1, 0.15) is 5.01 Å². The van der Waals surface area contributed by atoms with Gasteiger partial charge >= 0.3 is 5.97 Å². The molecule has 5 heteroatoms. The van der Waals surface area contributed by atoms with E-state index < -0.39 is 5.97 Å². The van der Waals surface area contributed by atoms with Crippen LogP contribution in [0.3, 0.4) is 0 Å². The molecule has 0 unspecified atom stereocenters. The molecule has 0 atom stereocenters. The van der Waals surface area contributed by atoms with Crippen molar-refractivity contribution in [2.75, 3.05) is 0 Å². The van der Waals surface area contributed by atoms with Gasteiger partial charge in [-0.25, -0.2) is 9.78 Å². The van der Waals surface area contributed by atoms with E-state index in [2.05, 4.69) is 4.98 Å². The first-order valence-corrected chi connectivity index (χ1v) is 6.92. The Balaban J connectivity index is 2.05. The fourth-order valence-corrected chi connectivity index (χ4v) is 2.97. The molecule has 0 fully saturated rings. The summed E-state index contributed by atoms with van der Waals surface area (Å²) in [5, 5.41) is 9.88. The Kier molecular flexibility index (Phi) is 3.22. The van der Waals surface area contributed by atoms with Crippen LogP contribution in [0.1, 0.15) is 15.9 Å². The first kappa shape index (κ1) is 12.8. The molecule has 1 aromatic heterocycles. The SMILES string of the molecule is NCc1ccc(-c2nc3ccc(C(=O)O)cc3s2)cc1. The lowest BCUT2D eigenvalue weighted by Crippen LogP contribution is -1.95. The van der Waals surface area contributed by atoms with Gasteiger partial charge in [0.15, 0.2) is 0 Å². The third-order valence-electron chi connectivity index (χ3n) is 3.07. The lowest BCUT2D eigenvalue weighted by atomic mass is 10.1. The molecule has 0 aliphatic rings. The molecular weight excluding hydrogens is 272 g/mol. The van der Waals surface area contributed by atoms with E-state index in [1.165, 1.54) is 11.3 Å². The van der Waals surface area contributed by atoms with Gasteiger partial charge in [0.2, 0.25) is 0 Å². The second-order valence-corrected chi connectivity index (χ2v) is 5.44. The molecule has 20 heavy (non-hydrogen) atoms. The maximum Gasteiger partial charge on any atom is 0.335 e. The van der Waals surface area contributed by atoms with Gasteiger partial charge in [-0.15, -0.1) is 11.3 Å². The van der Waals surface area contributed by atoms with Crippen LogP contribution < -0.4 is 5.73 Å². The smallest absolute Gasteiger partial charge is 0.335 e. The summed E-state index contributed by atoms with van der Waals surface area (Å²) in [4.78, 5) is 15.5. The van der Waals surface area contributed by atoms with Crippen molar-refractivity contribution in [3.63, 3.8) is 0 Å². The minimum atomic E-state index is -0.922. The van der Waals surface area contributed by atoms with Crippen LogP contribution in [0, 0.1) is 0 Å². The minimum Gasteiger partial charge on any atom is -0.478 e. The van der Waals surface area contributed by atoms with Gasteiger partial charge in [0, 0.05) is 12.1 Å². The number of aromatic nitrogens is 1. The Morgan fingerprint density at radius 3 is 2.60 bits per heavy atom. The summed E-state index contributed by atoms with van der Waals surface area (Å²) in [6.07, 6.45) is 0. The Bertz CT molecular complexity index is 778. The number of carboxylic acid groups (broad SMARTS) is 1. The molecule has 0 aliphatic heterocycles. The molecule has 100 valence electrons. The van der Waals surface area contributed by atoms with Crippen LogP contribution in [0.25, 0.3) is 20.8 Å². The molecule has 3 aromatic rings. The predicted octanol–water partition coefficient (Wildman–Crippen LogP) is 3.12. The zero-order valence-corrected chi connectivity index (χ0v) is 11.4. The van der Waals surface area contributed by atoms with Crippen LogP contribution in [0.4, 0.5) is 0 Å². The van der Waals surface area contributed by atoms with Crippen LogP contribution in [0.5, 0.6) is 0 Å². The number of hydrogen-bond acceptors (Lipinski definition) is 4. The average Bonchev–Trinajstić information content (AvgIpc) is 2.90. The fourth-order valence-electron chi connectivity index (χ4n) is 1.96. The van der Waals surface area contributed by atoms with Crippen molar-refractivity contribution in [1.82, 2.24) is 4.98 Å². The van der Waals surface area contributed by atoms with E-state index in [1.54, 1.807) is 18.2 Å². The average molecular weight is 284 g/mol. The molecule has 0 spiro atoms. The number of hydrogen-bond donors (Lipinski definition) is 2. The summed E-state index contributed by atoms with van der Waals surface area (Å²) in [7, 11) is 0.